The maximum absolute atomic E-state index is 13.8. The van der Waals surface area contributed by atoms with E-state index in [1.54, 1.807) is 6.07 Å². The molecule has 1 aromatic heterocycles. The topological polar surface area (TPSA) is 12.0 Å². The molecule has 1 aromatic carbocycles. The Bertz CT molecular complexity index is 557. The van der Waals surface area contributed by atoms with Crippen LogP contribution in [0.1, 0.15) is 31.7 Å². The Hall–Kier alpha value is -1.26. The van der Waals surface area contributed by atoms with Crippen LogP contribution in [0.2, 0.25) is 0 Å². The summed E-state index contributed by atoms with van der Waals surface area (Å²) in [6, 6.07) is 7.95. The van der Waals surface area contributed by atoms with Gasteiger partial charge in [0.2, 0.25) is 0 Å². The van der Waals surface area contributed by atoms with Crippen molar-refractivity contribution in [3.8, 4) is 10.4 Å². The van der Waals surface area contributed by atoms with Crippen molar-refractivity contribution in [3.63, 3.8) is 0 Å². The predicted molar refractivity (Wildman–Crippen MR) is 80.9 cm³/mol. The zero-order valence-corrected chi connectivity index (χ0v) is 12.7. The van der Waals surface area contributed by atoms with Gasteiger partial charge in [0.25, 0.3) is 0 Å². The maximum atomic E-state index is 13.8. The first-order chi connectivity index (χ1) is 9.54. The van der Waals surface area contributed by atoms with Gasteiger partial charge in [0.1, 0.15) is 11.6 Å². The van der Waals surface area contributed by atoms with Crippen LogP contribution in [-0.4, -0.2) is 6.54 Å². The molecule has 1 atom stereocenters. The van der Waals surface area contributed by atoms with Crippen molar-refractivity contribution >= 4 is 11.3 Å². The van der Waals surface area contributed by atoms with Crippen LogP contribution < -0.4 is 5.32 Å². The molecule has 4 heteroatoms. The molecule has 2 rings (SSSR count). The van der Waals surface area contributed by atoms with Gasteiger partial charge in [-0.25, -0.2) is 8.78 Å². The molecular weight excluding hydrogens is 276 g/mol. The predicted octanol–water partition coefficient (Wildman–Crippen LogP) is 5.00. The maximum Gasteiger partial charge on any atom is 0.134 e. The standard InChI is InChI=1S/C16H19F2NS/c1-4-19-16(10(2)3)14-9-8-13(20-14)15-11(17)6-5-7-12(15)18/h5-10,16,19H,4H2,1-3H3. The quantitative estimate of drug-likeness (QED) is 0.818. The molecule has 0 amide bonds. The van der Waals surface area contributed by atoms with E-state index in [4.69, 9.17) is 0 Å². The lowest BCUT2D eigenvalue weighted by Crippen LogP contribution is -2.24. The second-order valence-electron chi connectivity index (χ2n) is 5.08. The molecule has 1 heterocycles. The van der Waals surface area contributed by atoms with Crippen molar-refractivity contribution in [2.24, 2.45) is 5.92 Å². The Balaban J connectivity index is 2.37. The first kappa shape index (κ1) is 15.1. The van der Waals surface area contributed by atoms with Crippen LogP contribution in [0.25, 0.3) is 10.4 Å². The van der Waals surface area contributed by atoms with E-state index in [1.807, 2.05) is 6.07 Å². The van der Waals surface area contributed by atoms with Crippen LogP contribution in [0.5, 0.6) is 0 Å². The monoisotopic (exact) mass is 295 g/mol. The van der Waals surface area contributed by atoms with Gasteiger partial charge in [-0.1, -0.05) is 26.8 Å². The highest BCUT2D eigenvalue weighted by Crippen LogP contribution is 2.36. The van der Waals surface area contributed by atoms with Crippen molar-refractivity contribution in [2.45, 2.75) is 26.8 Å². The van der Waals surface area contributed by atoms with Crippen LogP contribution in [0, 0.1) is 17.6 Å². The lowest BCUT2D eigenvalue weighted by Gasteiger charge is -2.20. The first-order valence-electron chi connectivity index (χ1n) is 6.82. The molecule has 0 radical (unpaired) electrons. The van der Waals surface area contributed by atoms with Gasteiger partial charge >= 0.3 is 0 Å². The van der Waals surface area contributed by atoms with Crippen LogP contribution >= 0.6 is 11.3 Å². The largest absolute Gasteiger partial charge is 0.309 e. The van der Waals surface area contributed by atoms with Crippen molar-refractivity contribution in [1.29, 1.82) is 0 Å². The molecule has 20 heavy (non-hydrogen) atoms. The summed E-state index contributed by atoms with van der Waals surface area (Å²) in [6.07, 6.45) is 0. The number of rotatable bonds is 5. The summed E-state index contributed by atoms with van der Waals surface area (Å²) in [6.45, 7) is 7.19. The molecule has 0 aliphatic heterocycles. The average Bonchev–Trinajstić information content (AvgIpc) is 2.84. The van der Waals surface area contributed by atoms with E-state index < -0.39 is 11.6 Å². The number of hydrogen-bond acceptors (Lipinski definition) is 2. The van der Waals surface area contributed by atoms with E-state index in [0.717, 1.165) is 11.4 Å². The molecule has 108 valence electrons. The third-order valence-corrected chi connectivity index (χ3v) is 4.42. The molecule has 1 nitrogen and oxygen atoms in total. The number of hydrogen-bond donors (Lipinski definition) is 1. The zero-order valence-electron chi connectivity index (χ0n) is 11.9. The minimum absolute atomic E-state index is 0.0720. The summed E-state index contributed by atoms with van der Waals surface area (Å²) in [7, 11) is 0. The normalized spacial score (nSPS) is 12.9. The van der Waals surface area contributed by atoms with Crippen LogP contribution in [0.3, 0.4) is 0 Å². The second kappa shape index (κ2) is 6.46. The summed E-state index contributed by atoms with van der Waals surface area (Å²) in [5, 5.41) is 3.42. The van der Waals surface area contributed by atoms with E-state index in [2.05, 4.69) is 26.1 Å². The van der Waals surface area contributed by atoms with Crippen LogP contribution in [0.15, 0.2) is 30.3 Å². The Morgan fingerprint density at radius 2 is 1.75 bits per heavy atom. The van der Waals surface area contributed by atoms with Gasteiger partial charge in [0, 0.05) is 15.8 Å². The summed E-state index contributed by atoms with van der Waals surface area (Å²) in [5.41, 5.74) is 0.0720. The molecular formula is C16H19F2NS. The molecule has 0 saturated carbocycles. The Morgan fingerprint density at radius 3 is 2.30 bits per heavy atom. The number of thiophene rings is 1. The van der Waals surface area contributed by atoms with Crippen molar-refractivity contribution in [1.82, 2.24) is 5.32 Å². The molecule has 0 bridgehead atoms. The lowest BCUT2D eigenvalue weighted by molar-refractivity contribution is 0.428. The lowest BCUT2D eigenvalue weighted by atomic mass is 10.0. The molecule has 0 saturated heterocycles. The van der Waals surface area contributed by atoms with E-state index in [-0.39, 0.29) is 11.6 Å². The number of halogens is 2. The second-order valence-corrected chi connectivity index (χ2v) is 6.19. The van der Waals surface area contributed by atoms with Crippen molar-refractivity contribution in [2.75, 3.05) is 6.54 Å². The van der Waals surface area contributed by atoms with Gasteiger partial charge < -0.3 is 5.32 Å². The minimum atomic E-state index is -0.511. The van der Waals surface area contributed by atoms with Gasteiger partial charge in [-0.3, -0.25) is 0 Å². The smallest absolute Gasteiger partial charge is 0.134 e. The van der Waals surface area contributed by atoms with E-state index >= 15 is 0 Å². The molecule has 0 fully saturated rings. The fraction of sp³-hybridized carbons (Fsp3) is 0.375. The Morgan fingerprint density at radius 1 is 1.10 bits per heavy atom. The van der Waals surface area contributed by atoms with Gasteiger partial charge in [0.05, 0.1) is 5.56 Å². The highest BCUT2D eigenvalue weighted by Gasteiger charge is 2.19. The molecule has 1 N–H and O–H groups in total. The molecule has 0 aliphatic rings. The van der Waals surface area contributed by atoms with E-state index in [0.29, 0.717) is 10.8 Å². The molecule has 1 unspecified atom stereocenters. The average molecular weight is 295 g/mol. The van der Waals surface area contributed by atoms with Crippen LogP contribution in [0.4, 0.5) is 8.78 Å². The van der Waals surface area contributed by atoms with E-state index in [9.17, 15) is 8.78 Å². The number of benzene rings is 1. The third-order valence-electron chi connectivity index (χ3n) is 3.23. The third kappa shape index (κ3) is 3.07. The SMILES string of the molecule is CCNC(c1ccc(-c2c(F)cccc2F)s1)C(C)C. The summed E-state index contributed by atoms with van der Waals surface area (Å²) in [4.78, 5) is 1.75. The highest BCUT2D eigenvalue weighted by atomic mass is 32.1. The first-order valence-corrected chi connectivity index (χ1v) is 7.63. The Labute approximate surface area is 122 Å². The number of nitrogens with one attached hydrogen (secondary N) is 1. The highest BCUT2D eigenvalue weighted by molar-refractivity contribution is 7.15. The molecule has 2 aromatic rings. The van der Waals surface area contributed by atoms with Gasteiger partial charge in [-0.15, -0.1) is 11.3 Å². The zero-order chi connectivity index (χ0) is 14.7. The fourth-order valence-electron chi connectivity index (χ4n) is 2.27. The van der Waals surface area contributed by atoms with Crippen LogP contribution in [-0.2, 0) is 0 Å². The van der Waals surface area contributed by atoms with Crippen molar-refractivity contribution < 1.29 is 8.78 Å². The Kier molecular flexibility index (Phi) is 4.89. The van der Waals surface area contributed by atoms with Gasteiger partial charge in [-0.05, 0) is 36.7 Å². The molecule has 0 aliphatic carbocycles. The summed E-state index contributed by atoms with van der Waals surface area (Å²) in [5.74, 6) is -0.599. The summed E-state index contributed by atoms with van der Waals surface area (Å²) >= 11 is 1.45. The van der Waals surface area contributed by atoms with Gasteiger partial charge in [-0.2, -0.15) is 0 Å². The van der Waals surface area contributed by atoms with Crippen molar-refractivity contribution in [3.05, 3.63) is 46.8 Å². The fourth-order valence-corrected chi connectivity index (χ4v) is 3.58. The minimum Gasteiger partial charge on any atom is -0.309 e. The van der Waals surface area contributed by atoms with E-state index in [1.165, 1.54) is 29.5 Å². The summed E-state index contributed by atoms with van der Waals surface area (Å²) < 4.78 is 27.6. The van der Waals surface area contributed by atoms with Gasteiger partial charge in [0.15, 0.2) is 0 Å². The molecule has 0 spiro atoms.